The topological polar surface area (TPSA) is 98.8 Å². The molecule has 2 aromatic heterocycles. The van der Waals surface area contributed by atoms with Gasteiger partial charge in [0.1, 0.15) is 6.33 Å². The first-order chi connectivity index (χ1) is 9.04. The van der Waals surface area contributed by atoms with E-state index < -0.39 is 4.92 Å². The Balaban J connectivity index is 2.57. The van der Waals surface area contributed by atoms with Gasteiger partial charge in [-0.1, -0.05) is 13.8 Å². The first kappa shape index (κ1) is 12.9. The van der Waals surface area contributed by atoms with Crippen molar-refractivity contribution in [3.05, 3.63) is 34.4 Å². The molecule has 0 bridgehead atoms. The van der Waals surface area contributed by atoms with Crippen molar-refractivity contribution >= 4 is 11.5 Å². The number of hydrogen-bond acceptors (Lipinski definition) is 6. The van der Waals surface area contributed by atoms with Gasteiger partial charge in [0, 0.05) is 13.2 Å². The van der Waals surface area contributed by atoms with Crippen LogP contribution >= 0.6 is 0 Å². The lowest BCUT2D eigenvalue weighted by atomic mass is 10.1. The van der Waals surface area contributed by atoms with Crippen LogP contribution in [0.3, 0.4) is 0 Å². The van der Waals surface area contributed by atoms with Crippen LogP contribution in [-0.2, 0) is 0 Å². The molecule has 2 rings (SSSR count). The summed E-state index contributed by atoms with van der Waals surface area (Å²) < 4.78 is 1.40. The molecule has 0 aliphatic heterocycles. The minimum absolute atomic E-state index is 0.149. The fraction of sp³-hybridized carbons (Fsp3) is 0.364. The average molecular weight is 262 g/mol. The molecule has 0 aliphatic rings. The number of nitro groups is 1. The minimum Gasteiger partial charge on any atom is -0.367 e. The van der Waals surface area contributed by atoms with E-state index in [9.17, 15) is 10.1 Å². The third kappa shape index (κ3) is 2.37. The van der Waals surface area contributed by atoms with Gasteiger partial charge in [-0.25, -0.2) is 14.6 Å². The molecule has 8 heteroatoms. The highest BCUT2D eigenvalue weighted by atomic mass is 16.6. The van der Waals surface area contributed by atoms with Crippen molar-refractivity contribution in [1.29, 1.82) is 0 Å². The van der Waals surface area contributed by atoms with Crippen molar-refractivity contribution in [1.82, 2.24) is 19.7 Å². The lowest BCUT2D eigenvalue weighted by molar-refractivity contribution is -0.384. The van der Waals surface area contributed by atoms with Gasteiger partial charge >= 0.3 is 5.69 Å². The third-order valence-electron chi connectivity index (χ3n) is 2.64. The summed E-state index contributed by atoms with van der Waals surface area (Å²) in [5.41, 5.74) is 0.655. The van der Waals surface area contributed by atoms with Crippen LogP contribution in [0.25, 0.3) is 5.82 Å². The van der Waals surface area contributed by atoms with Crippen molar-refractivity contribution < 1.29 is 4.92 Å². The van der Waals surface area contributed by atoms with E-state index >= 15 is 0 Å². The second-order valence-electron chi connectivity index (χ2n) is 4.24. The van der Waals surface area contributed by atoms with Crippen LogP contribution < -0.4 is 5.32 Å². The lowest BCUT2D eigenvalue weighted by Gasteiger charge is -2.05. The van der Waals surface area contributed by atoms with E-state index in [-0.39, 0.29) is 23.2 Å². The zero-order valence-corrected chi connectivity index (χ0v) is 10.9. The Kier molecular flexibility index (Phi) is 3.41. The van der Waals surface area contributed by atoms with Crippen LogP contribution in [0.5, 0.6) is 0 Å². The fourth-order valence-corrected chi connectivity index (χ4v) is 1.65. The molecule has 0 atom stereocenters. The van der Waals surface area contributed by atoms with E-state index in [1.54, 1.807) is 13.2 Å². The summed E-state index contributed by atoms with van der Waals surface area (Å²) in [5, 5.41) is 18.1. The molecule has 100 valence electrons. The quantitative estimate of drug-likeness (QED) is 0.665. The van der Waals surface area contributed by atoms with Crippen molar-refractivity contribution in [3.63, 3.8) is 0 Å². The maximum atomic E-state index is 11.2. The Morgan fingerprint density at radius 1 is 1.42 bits per heavy atom. The van der Waals surface area contributed by atoms with Crippen molar-refractivity contribution in [2.45, 2.75) is 19.8 Å². The van der Waals surface area contributed by atoms with Gasteiger partial charge < -0.3 is 5.32 Å². The van der Waals surface area contributed by atoms with Gasteiger partial charge in [-0.2, -0.15) is 5.10 Å². The second-order valence-corrected chi connectivity index (χ2v) is 4.24. The highest BCUT2D eigenvalue weighted by Gasteiger charge is 2.24. The molecule has 0 radical (unpaired) electrons. The zero-order valence-electron chi connectivity index (χ0n) is 10.9. The summed E-state index contributed by atoms with van der Waals surface area (Å²) in [6.07, 6.45) is 2.93. The molecule has 2 heterocycles. The molecule has 0 amide bonds. The van der Waals surface area contributed by atoms with E-state index in [4.69, 9.17) is 0 Å². The van der Waals surface area contributed by atoms with Crippen LogP contribution in [0.1, 0.15) is 25.5 Å². The Morgan fingerprint density at radius 2 is 2.16 bits per heavy atom. The van der Waals surface area contributed by atoms with Crippen LogP contribution in [0.15, 0.2) is 18.6 Å². The molecule has 0 saturated heterocycles. The molecular weight excluding hydrogens is 248 g/mol. The zero-order chi connectivity index (χ0) is 14.0. The molecule has 0 unspecified atom stereocenters. The molecule has 0 spiro atoms. The summed E-state index contributed by atoms with van der Waals surface area (Å²) in [4.78, 5) is 18.4. The number of anilines is 1. The minimum atomic E-state index is -0.516. The maximum Gasteiger partial charge on any atom is 0.355 e. The van der Waals surface area contributed by atoms with E-state index in [1.165, 1.54) is 11.0 Å². The van der Waals surface area contributed by atoms with E-state index in [0.717, 1.165) is 5.69 Å². The van der Waals surface area contributed by atoms with Gasteiger partial charge in [-0.15, -0.1) is 0 Å². The summed E-state index contributed by atoms with van der Waals surface area (Å²) in [5.74, 6) is 0.554. The van der Waals surface area contributed by atoms with Crippen LogP contribution in [0.4, 0.5) is 11.5 Å². The smallest absolute Gasteiger partial charge is 0.355 e. The normalized spacial score (nSPS) is 10.7. The summed E-state index contributed by atoms with van der Waals surface area (Å²) in [6, 6.07) is 1.82. The van der Waals surface area contributed by atoms with E-state index in [1.807, 2.05) is 19.9 Å². The number of nitrogens with one attached hydrogen (secondary N) is 1. The molecule has 2 aromatic rings. The molecule has 0 fully saturated rings. The first-order valence-corrected chi connectivity index (χ1v) is 5.77. The molecule has 0 saturated carbocycles. The van der Waals surface area contributed by atoms with Crippen LogP contribution in [0, 0.1) is 10.1 Å². The second kappa shape index (κ2) is 5.01. The van der Waals surface area contributed by atoms with Crippen molar-refractivity contribution in [2.75, 3.05) is 12.4 Å². The molecule has 1 N–H and O–H groups in total. The molecule has 19 heavy (non-hydrogen) atoms. The molecular formula is C11H14N6O2. The lowest BCUT2D eigenvalue weighted by Crippen LogP contribution is -2.08. The molecule has 8 nitrogen and oxygen atoms in total. The molecule has 0 aliphatic carbocycles. The predicted molar refractivity (Wildman–Crippen MR) is 69.4 cm³/mol. The SMILES string of the molecule is CNc1ncnc(-n2ccc(C(C)C)n2)c1[N+](=O)[O-]. The van der Waals surface area contributed by atoms with Gasteiger partial charge in [0.15, 0.2) is 0 Å². The highest BCUT2D eigenvalue weighted by molar-refractivity contribution is 5.63. The number of hydrogen-bond donors (Lipinski definition) is 1. The first-order valence-electron chi connectivity index (χ1n) is 5.77. The van der Waals surface area contributed by atoms with Crippen molar-refractivity contribution in [3.8, 4) is 5.82 Å². The Bertz CT molecular complexity index is 607. The van der Waals surface area contributed by atoms with E-state index in [0.29, 0.717) is 0 Å². The fourth-order valence-electron chi connectivity index (χ4n) is 1.65. The van der Waals surface area contributed by atoms with Crippen LogP contribution in [-0.4, -0.2) is 31.7 Å². The van der Waals surface area contributed by atoms with E-state index in [2.05, 4.69) is 20.4 Å². The average Bonchev–Trinajstić information content (AvgIpc) is 2.87. The summed E-state index contributed by atoms with van der Waals surface area (Å²) in [6.45, 7) is 4.00. The Labute approximate surface area is 109 Å². The maximum absolute atomic E-state index is 11.2. The number of rotatable bonds is 4. The van der Waals surface area contributed by atoms with Gasteiger partial charge in [0.2, 0.25) is 11.6 Å². The Hall–Kier alpha value is -2.51. The molecule has 0 aromatic carbocycles. The van der Waals surface area contributed by atoms with Gasteiger partial charge in [-0.05, 0) is 12.0 Å². The summed E-state index contributed by atoms with van der Waals surface area (Å²) >= 11 is 0. The number of aromatic nitrogens is 4. The Morgan fingerprint density at radius 3 is 2.68 bits per heavy atom. The number of nitrogens with zero attached hydrogens (tertiary/aromatic N) is 5. The summed E-state index contributed by atoms with van der Waals surface area (Å²) in [7, 11) is 1.57. The van der Waals surface area contributed by atoms with Crippen LogP contribution in [0.2, 0.25) is 0 Å². The predicted octanol–water partition coefficient (Wildman–Crippen LogP) is 1.74. The monoisotopic (exact) mass is 262 g/mol. The van der Waals surface area contributed by atoms with Gasteiger partial charge in [-0.3, -0.25) is 10.1 Å². The van der Waals surface area contributed by atoms with Gasteiger partial charge in [0.25, 0.3) is 0 Å². The standard InChI is InChI=1S/C11H14N6O2/c1-7(2)8-4-5-16(15-8)11-9(17(18)19)10(12-3)13-6-14-11/h4-7H,1-3H3,(H,12,13,14). The largest absolute Gasteiger partial charge is 0.367 e. The van der Waals surface area contributed by atoms with Gasteiger partial charge in [0.05, 0.1) is 10.6 Å². The van der Waals surface area contributed by atoms with Crippen molar-refractivity contribution in [2.24, 2.45) is 0 Å². The third-order valence-corrected chi connectivity index (χ3v) is 2.64. The highest BCUT2D eigenvalue weighted by Crippen LogP contribution is 2.27.